The first-order chi connectivity index (χ1) is 14.8. The second kappa shape index (κ2) is 6.93. The van der Waals surface area contributed by atoms with Gasteiger partial charge in [-0.3, -0.25) is 9.78 Å². The number of aromatic amines is 1. The van der Waals surface area contributed by atoms with Crippen molar-refractivity contribution >= 4 is 28.0 Å². The van der Waals surface area contributed by atoms with Gasteiger partial charge >= 0.3 is 0 Å². The molecule has 6 rings (SSSR count). The van der Waals surface area contributed by atoms with Crippen LogP contribution in [0.3, 0.4) is 0 Å². The molecule has 4 aromatic rings. The quantitative estimate of drug-likeness (QED) is 0.556. The second-order valence-corrected chi connectivity index (χ2v) is 7.87. The number of nitrogens with zero attached hydrogens (tertiary/aromatic N) is 4. The van der Waals surface area contributed by atoms with Crippen LogP contribution in [0.5, 0.6) is 0 Å². The molecule has 2 aliphatic rings. The van der Waals surface area contributed by atoms with Crippen LogP contribution in [0, 0.1) is 0 Å². The van der Waals surface area contributed by atoms with Crippen LogP contribution in [0.15, 0.2) is 55.0 Å². The molecule has 0 spiro atoms. The summed E-state index contributed by atoms with van der Waals surface area (Å²) in [6.45, 7) is 2.09. The van der Waals surface area contributed by atoms with Crippen molar-refractivity contribution in [1.29, 1.82) is 0 Å². The number of ether oxygens (including phenoxy) is 2. The molecule has 8 nitrogen and oxygen atoms in total. The van der Waals surface area contributed by atoms with Crippen LogP contribution in [0.4, 0.5) is 0 Å². The molecule has 2 atom stereocenters. The highest BCUT2D eigenvalue weighted by molar-refractivity contribution is 5.97. The van der Waals surface area contributed by atoms with E-state index in [-0.39, 0.29) is 24.2 Å². The number of nitrogens with one attached hydrogen (secondary N) is 1. The number of carbonyl (C=O) groups excluding carboxylic acids is 1. The van der Waals surface area contributed by atoms with Gasteiger partial charge in [-0.2, -0.15) is 0 Å². The van der Waals surface area contributed by atoms with E-state index in [4.69, 9.17) is 9.47 Å². The van der Waals surface area contributed by atoms with E-state index in [0.29, 0.717) is 32.0 Å². The second-order valence-electron chi connectivity index (χ2n) is 7.87. The normalized spacial score (nSPS) is 22.5. The molecule has 0 bridgehead atoms. The van der Waals surface area contributed by atoms with Gasteiger partial charge in [0, 0.05) is 19.3 Å². The van der Waals surface area contributed by atoms with Crippen molar-refractivity contribution in [2.75, 3.05) is 26.3 Å². The topological polar surface area (TPSA) is 85.3 Å². The van der Waals surface area contributed by atoms with E-state index in [1.54, 1.807) is 17.2 Å². The molecule has 1 aromatic carbocycles. The summed E-state index contributed by atoms with van der Waals surface area (Å²) in [5, 5.41) is 0. The number of hydrogen-bond acceptors (Lipinski definition) is 5. The third-order valence-corrected chi connectivity index (χ3v) is 6.00. The summed E-state index contributed by atoms with van der Waals surface area (Å²) >= 11 is 0. The Kier molecular flexibility index (Phi) is 4.07. The number of likely N-dealkylation sites (tertiary alicyclic amines) is 1. The number of imidazole rings is 1. The Hall–Kier alpha value is -3.23. The lowest BCUT2D eigenvalue weighted by Gasteiger charge is -2.19. The van der Waals surface area contributed by atoms with E-state index in [1.165, 1.54) is 0 Å². The molecule has 3 aromatic heterocycles. The van der Waals surface area contributed by atoms with Gasteiger partial charge in [-0.25, -0.2) is 4.98 Å². The zero-order chi connectivity index (χ0) is 20.1. The van der Waals surface area contributed by atoms with Gasteiger partial charge < -0.3 is 23.9 Å². The minimum absolute atomic E-state index is 0.0505. The van der Waals surface area contributed by atoms with E-state index < -0.39 is 0 Å². The number of benzene rings is 1. The van der Waals surface area contributed by atoms with Gasteiger partial charge in [0.1, 0.15) is 17.9 Å². The fourth-order valence-electron chi connectivity index (χ4n) is 4.42. The van der Waals surface area contributed by atoms with Gasteiger partial charge in [-0.05, 0) is 30.3 Å². The standard InChI is InChI=1S/C22H21N5O3/c28-22(18-8-17-15(25-18)5-3-7-23-17)26-9-20-21(10-26)30-12-14(11-29-20)27-13-24-16-4-1-2-6-19(16)27/h1-8,13-14,20-21,25H,9-12H2/t20-,21-/m0/s1. The lowest BCUT2D eigenvalue weighted by molar-refractivity contribution is -0.00461. The molecule has 2 saturated heterocycles. The Morgan fingerprint density at radius 1 is 1.00 bits per heavy atom. The Balaban J connectivity index is 1.16. The van der Waals surface area contributed by atoms with Gasteiger partial charge in [0.25, 0.3) is 5.91 Å². The maximum absolute atomic E-state index is 13.0. The van der Waals surface area contributed by atoms with Gasteiger partial charge in [0.2, 0.25) is 0 Å². The summed E-state index contributed by atoms with van der Waals surface area (Å²) in [7, 11) is 0. The van der Waals surface area contributed by atoms with E-state index in [0.717, 1.165) is 22.1 Å². The van der Waals surface area contributed by atoms with Gasteiger partial charge in [-0.1, -0.05) is 12.1 Å². The number of para-hydroxylation sites is 2. The number of fused-ring (bicyclic) bond motifs is 3. The summed E-state index contributed by atoms with van der Waals surface area (Å²) in [6.07, 6.45) is 3.32. The summed E-state index contributed by atoms with van der Waals surface area (Å²) in [6, 6.07) is 13.7. The number of pyridine rings is 1. The van der Waals surface area contributed by atoms with Crippen molar-refractivity contribution in [3.8, 4) is 0 Å². The number of rotatable bonds is 2. The monoisotopic (exact) mass is 403 g/mol. The number of carbonyl (C=O) groups is 1. The minimum atomic E-state index is -0.128. The van der Waals surface area contributed by atoms with Crippen molar-refractivity contribution in [2.45, 2.75) is 18.2 Å². The summed E-state index contributed by atoms with van der Waals surface area (Å²) < 4.78 is 14.5. The summed E-state index contributed by atoms with van der Waals surface area (Å²) in [4.78, 5) is 26.7. The average molecular weight is 403 g/mol. The highest BCUT2D eigenvalue weighted by atomic mass is 16.6. The molecule has 1 amide bonds. The SMILES string of the molecule is O=C(c1cc2ncccc2[nH]1)N1C[C@@H]2OCC(n3cnc4ccccc43)CO[C@H]2C1. The van der Waals surface area contributed by atoms with Gasteiger partial charge in [0.15, 0.2) is 0 Å². The first-order valence-corrected chi connectivity index (χ1v) is 10.1. The average Bonchev–Trinajstić information content (AvgIpc) is 3.47. The Morgan fingerprint density at radius 2 is 1.80 bits per heavy atom. The van der Waals surface area contributed by atoms with Crippen LogP contribution in [0.25, 0.3) is 22.1 Å². The largest absolute Gasteiger partial charge is 0.371 e. The minimum Gasteiger partial charge on any atom is -0.371 e. The number of aromatic nitrogens is 4. The first-order valence-electron chi connectivity index (χ1n) is 10.1. The third-order valence-electron chi connectivity index (χ3n) is 6.00. The molecule has 0 unspecified atom stereocenters. The van der Waals surface area contributed by atoms with E-state index in [1.807, 2.05) is 36.7 Å². The molecule has 1 N–H and O–H groups in total. The smallest absolute Gasteiger partial charge is 0.270 e. The van der Waals surface area contributed by atoms with Crippen molar-refractivity contribution in [2.24, 2.45) is 0 Å². The fourth-order valence-corrected chi connectivity index (χ4v) is 4.42. The third kappa shape index (κ3) is 2.88. The summed E-state index contributed by atoms with van der Waals surface area (Å²) in [5.74, 6) is -0.0505. The lowest BCUT2D eigenvalue weighted by Crippen LogP contribution is -2.31. The molecule has 2 fully saturated rings. The molecule has 0 radical (unpaired) electrons. The van der Waals surface area contributed by atoms with Crippen LogP contribution in [-0.2, 0) is 9.47 Å². The zero-order valence-electron chi connectivity index (χ0n) is 16.3. The Labute approximate surface area is 172 Å². The highest BCUT2D eigenvalue weighted by Gasteiger charge is 2.40. The Morgan fingerprint density at radius 3 is 2.60 bits per heavy atom. The van der Waals surface area contributed by atoms with Crippen molar-refractivity contribution in [1.82, 2.24) is 24.4 Å². The van der Waals surface area contributed by atoms with Crippen molar-refractivity contribution in [3.05, 3.63) is 60.7 Å². The number of H-pyrrole nitrogens is 1. The molecule has 5 heterocycles. The summed E-state index contributed by atoms with van der Waals surface area (Å²) in [5.41, 5.74) is 4.23. The van der Waals surface area contributed by atoms with Gasteiger partial charge in [-0.15, -0.1) is 0 Å². The fraction of sp³-hybridized carbons (Fsp3) is 0.318. The Bertz CT molecular complexity index is 1180. The molecule has 8 heteroatoms. The van der Waals surface area contributed by atoms with Crippen molar-refractivity contribution in [3.63, 3.8) is 0 Å². The number of amides is 1. The number of hydrogen-bond donors (Lipinski definition) is 1. The van der Waals surface area contributed by atoms with Crippen LogP contribution in [0.1, 0.15) is 16.5 Å². The van der Waals surface area contributed by atoms with Crippen LogP contribution in [0.2, 0.25) is 0 Å². The van der Waals surface area contributed by atoms with Crippen LogP contribution in [-0.4, -0.2) is 68.8 Å². The maximum atomic E-state index is 13.0. The van der Waals surface area contributed by atoms with E-state index in [2.05, 4.69) is 25.6 Å². The van der Waals surface area contributed by atoms with E-state index in [9.17, 15) is 4.79 Å². The molecular formula is C22H21N5O3. The predicted octanol–water partition coefficient (Wildman–Crippen LogP) is 2.39. The first kappa shape index (κ1) is 17.6. The lowest BCUT2D eigenvalue weighted by atomic mass is 10.2. The predicted molar refractivity (Wildman–Crippen MR) is 110 cm³/mol. The zero-order valence-corrected chi connectivity index (χ0v) is 16.3. The molecular weight excluding hydrogens is 382 g/mol. The van der Waals surface area contributed by atoms with Crippen LogP contribution < -0.4 is 0 Å². The maximum Gasteiger partial charge on any atom is 0.270 e. The molecule has 2 aliphatic heterocycles. The van der Waals surface area contributed by atoms with Gasteiger partial charge in [0.05, 0.1) is 47.6 Å². The molecule has 30 heavy (non-hydrogen) atoms. The molecule has 0 aliphatic carbocycles. The molecule has 152 valence electrons. The van der Waals surface area contributed by atoms with E-state index >= 15 is 0 Å². The molecule has 0 saturated carbocycles. The van der Waals surface area contributed by atoms with Crippen molar-refractivity contribution < 1.29 is 14.3 Å². The van der Waals surface area contributed by atoms with Crippen LogP contribution >= 0.6 is 0 Å². The highest BCUT2D eigenvalue weighted by Crippen LogP contribution is 2.27.